The SMILES string of the molecule is CC1COC(CBr)CN1c1ccccc1S(=O)(=O)C(F)F. The summed E-state index contributed by atoms with van der Waals surface area (Å²) in [7, 11) is -4.63. The molecule has 2 atom stereocenters. The van der Waals surface area contributed by atoms with Gasteiger partial charge in [-0.3, -0.25) is 0 Å². The fourth-order valence-corrected chi connectivity index (χ4v) is 3.61. The molecule has 118 valence electrons. The minimum Gasteiger partial charge on any atom is -0.373 e. The van der Waals surface area contributed by atoms with Crippen LogP contribution in [0.4, 0.5) is 14.5 Å². The summed E-state index contributed by atoms with van der Waals surface area (Å²) in [5, 5.41) is 0.597. The van der Waals surface area contributed by atoms with Crippen LogP contribution in [0.5, 0.6) is 0 Å². The van der Waals surface area contributed by atoms with Crippen molar-refractivity contribution >= 4 is 31.5 Å². The lowest BCUT2D eigenvalue weighted by molar-refractivity contribution is 0.0377. The van der Waals surface area contributed by atoms with Crippen LogP contribution in [0.15, 0.2) is 29.2 Å². The van der Waals surface area contributed by atoms with Gasteiger partial charge in [-0.2, -0.15) is 8.78 Å². The van der Waals surface area contributed by atoms with Crippen molar-refractivity contribution in [1.82, 2.24) is 0 Å². The van der Waals surface area contributed by atoms with Gasteiger partial charge in [0.15, 0.2) is 0 Å². The Morgan fingerprint density at radius 2 is 2.10 bits per heavy atom. The summed E-state index contributed by atoms with van der Waals surface area (Å²) >= 11 is 3.32. The van der Waals surface area contributed by atoms with E-state index in [2.05, 4.69) is 15.9 Å². The van der Waals surface area contributed by atoms with E-state index in [0.29, 0.717) is 24.2 Å². The molecular weight excluding hydrogens is 368 g/mol. The Labute approximate surface area is 131 Å². The number of nitrogens with zero attached hydrogens (tertiary/aromatic N) is 1. The highest BCUT2D eigenvalue weighted by Gasteiger charge is 2.33. The van der Waals surface area contributed by atoms with E-state index in [0.717, 1.165) is 0 Å². The highest BCUT2D eigenvalue weighted by molar-refractivity contribution is 9.09. The van der Waals surface area contributed by atoms with Crippen molar-refractivity contribution in [3.8, 4) is 0 Å². The van der Waals surface area contributed by atoms with Gasteiger partial charge in [0.1, 0.15) is 0 Å². The van der Waals surface area contributed by atoms with Crippen LogP contribution in [0.1, 0.15) is 6.92 Å². The summed E-state index contributed by atoms with van der Waals surface area (Å²) < 4.78 is 54.9. The lowest BCUT2D eigenvalue weighted by atomic mass is 10.1. The van der Waals surface area contributed by atoms with Crippen LogP contribution >= 0.6 is 15.9 Å². The van der Waals surface area contributed by atoms with E-state index in [1.165, 1.54) is 12.1 Å². The molecule has 4 nitrogen and oxygen atoms in total. The van der Waals surface area contributed by atoms with E-state index in [-0.39, 0.29) is 17.0 Å². The maximum atomic E-state index is 12.8. The number of hydrogen-bond donors (Lipinski definition) is 0. The summed E-state index contributed by atoms with van der Waals surface area (Å²) in [6, 6.07) is 5.79. The highest BCUT2D eigenvalue weighted by Crippen LogP contribution is 2.32. The minimum atomic E-state index is -4.63. The second kappa shape index (κ2) is 6.58. The van der Waals surface area contributed by atoms with Crippen molar-refractivity contribution < 1.29 is 21.9 Å². The second-order valence-corrected chi connectivity index (χ2v) is 7.42. The number of sulfone groups is 1. The van der Waals surface area contributed by atoms with Gasteiger partial charge in [-0.1, -0.05) is 28.1 Å². The molecule has 1 aromatic carbocycles. The molecule has 1 heterocycles. The van der Waals surface area contributed by atoms with E-state index in [9.17, 15) is 17.2 Å². The monoisotopic (exact) mass is 383 g/mol. The van der Waals surface area contributed by atoms with Crippen molar-refractivity contribution in [2.24, 2.45) is 0 Å². The molecule has 1 aromatic rings. The number of ether oxygens (including phenoxy) is 1. The van der Waals surface area contributed by atoms with Crippen molar-refractivity contribution in [3.63, 3.8) is 0 Å². The third kappa shape index (κ3) is 3.37. The number of anilines is 1. The highest BCUT2D eigenvalue weighted by atomic mass is 79.9. The van der Waals surface area contributed by atoms with Gasteiger partial charge in [0, 0.05) is 17.9 Å². The fraction of sp³-hybridized carbons (Fsp3) is 0.538. The van der Waals surface area contributed by atoms with Crippen LogP contribution in [-0.4, -0.2) is 44.8 Å². The minimum absolute atomic E-state index is 0.0886. The number of para-hydroxylation sites is 1. The molecule has 1 saturated heterocycles. The normalized spacial score (nSPS) is 23.6. The largest absolute Gasteiger partial charge is 0.373 e. The van der Waals surface area contributed by atoms with Crippen molar-refractivity contribution in [3.05, 3.63) is 24.3 Å². The number of halogens is 3. The van der Waals surface area contributed by atoms with Crippen LogP contribution < -0.4 is 4.90 Å². The van der Waals surface area contributed by atoms with E-state index >= 15 is 0 Å². The molecule has 0 amide bonds. The molecule has 2 unspecified atom stereocenters. The summed E-state index contributed by atoms with van der Waals surface area (Å²) in [6.07, 6.45) is -0.108. The van der Waals surface area contributed by atoms with E-state index in [1.807, 2.05) is 11.8 Å². The van der Waals surface area contributed by atoms with Crippen LogP contribution in [-0.2, 0) is 14.6 Å². The van der Waals surface area contributed by atoms with Gasteiger partial charge in [0.2, 0.25) is 9.84 Å². The van der Waals surface area contributed by atoms with Crippen LogP contribution in [0, 0.1) is 0 Å². The molecule has 2 rings (SSSR count). The smallest absolute Gasteiger partial charge is 0.341 e. The Bertz CT molecular complexity index is 597. The average molecular weight is 384 g/mol. The maximum absolute atomic E-state index is 12.8. The Morgan fingerprint density at radius 3 is 2.71 bits per heavy atom. The number of hydrogen-bond acceptors (Lipinski definition) is 4. The molecule has 1 aliphatic rings. The number of benzene rings is 1. The van der Waals surface area contributed by atoms with Crippen LogP contribution in [0.2, 0.25) is 0 Å². The first-order chi connectivity index (χ1) is 9.87. The Kier molecular flexibility index (Phi) is 5.21. The lowest BCUT2D eigenvalue weighted by Crippen LogP contribution is -2.49. The zero-order valence-corrected chi connectivity index (χ0v) is 13.8. The zero-order valence-electron chi connectivity index (χ0n) is 11.4. The molecule has 1 aliphatic heterocycles. The molecule has 0 N–H and O–H groups in total. The number of morpholine rings is 1. The molecule has 0 aliphatic carbocycles. The molecule has 0 radical (unpaired) electrons. The first kappa shape index (κ1) is 16.6. The van der Waals surface area contributed by atoms with Crippen molar-refractivity contribution in [2.75, 3.05) is 23.4 Å². The summed E-state index contributed by atoms with van der Waals surface area (Å²) in [5.41, 5.74) is 0.305. The van der Waals surface area contributed by atoms with Gasteiger partial charge in [-0.25, -0.2) is 8.42 Å². The number of alkyl halides is 3. The third-order valence-electron chi connectivity index (χ3n) is 3.39. The molecule has 0 saturated carbocycles. The van der Waals surface area contributed by atoms with Gasteiger partial charge < -0.3 is 9.64 Å². The second-order valence-electron chi connectivity index (χ2n) is 4.88. The zero-order chi connectivity index (χ0) is 15.6. The number of rotatable bonds is 4. The molecule has 0 aromatic heterocycles. The summed E-state index contributed by atoms with van der Waals surface area (Å²) in [5.74, 6) is -3.43. The fourth-order valence-electron chi connectivity index (χ4n) is 2.28. The predicted molar refractivity (Wildman–Crippen MR) is 80.0 cm³/mol. The molecule has 0 bridgehead atoms. The predicted octanol–water partition coefficient (Wildman–Crippen LogP) is 2.67. The molecule has 21 heavy (non-hydrogen) atoms. The van der Waals surface area contributed by atoms with Gasteiger partial charge >= 0.3 is 5.76 Å². The van der Waals surface area contributed by atoms with Crippen LogP contribution in [0.3, 0.4) is 0 Å². The van der Waals surface area contributed by atoms with E-state index in [1.54, 1.807) is 12.1 Å². The Morgan fingerprint density at radius 1 is 1.43 bits per heavy atom. The van der Waals surface area contributed by atoms with E-state index in [4.69, 9.17) is 4.74 Å². The van der Waals surface area contributed by atoms with Gasteiger partial charge in [-0.05, 0) is 19.1 Å². The standard InChI is InChI=1S/C13H16BrF2NO3S/c1-9-8-20-10(6-14)7-17(9)11-4-2-3-5-12(11)21(18,19)13(15)16/h2-5,9-10,13H,6-8H2,1H3. The van der Waals surface area contributed by atoms with Crippen molar-refractivity contribution in [1.29, 1.82) is 0 Å². The molecular formula is C13H16BrF2NO3S. The van der Waals surface area contributed by atoms with Crippen LogP contribution in [0.25, 0.3) is 0 Å². The van der Waals surface area contributed by atoms with E-state index < -0.39 is 15.6 Å². The average Bonchev–Trinajstić information content (AvgIpc) is 2.47. The van der Waals surface area contributed by atoms with Gasteiger partial charge in [-0.15, -0.1) is 0 Å². The molecule has 1 fully saturated rings. The first-order valence-electron chi connectivity index (χ1n) is 6.43. The molecule has 0 spiro atoms. The molecule has 8 heteroatoms. The third-order valence-corrected chi connectivity index (χ3v) is 5.54. The maximum Gasteiger partial charge on any atom is 0.341 e. The topological polar surface area (TPSA) is 46.6 Å². The van der Waals surface area contributed by atoms with Gasteiger partial charge in [0.25, 0.3) is 0 Å². The summed E-state index contributed by atoms with van der Waals surface area (Å²) in [4.78, 5) is 1.48. The van der Waals surface area contributed by atoms with Gasteiger partial charge in [0.05, 0.1) is 23.3 Å². The lowest BCUT2D eigenvalue weighted by Gasteiger charge is -2.39. The first-order valence-corrected chi connectivity index (χ1v) is 9.10. The quantitative estimate of drug-likeness (QED) is 0.749. The summed E-state index contributed by atoms with van der Waals surface area (Å²) in [6.45, 7) is 2.73. The Balaban J connectivity index is 2.44. The van der Waals surface area contributed by atoms with Crippen molar-refractivity contribution in [2.45, 2.75) is 29.7 Å². The Hall–Kier alpha value is -0.730.